The summed E-state index contributed by atoms with van der Waals surface area (Å²) in [6.07, 6.45) is 7.87. The van der Waals surface area contributed by atoms with E-state index in [-0.39, 0.29) is 11.8 Å². The molecule has 1 amide bonds. The minimum atomic E-state index is -1.12. The van der Waals surface area contributed by atoms with Gasteiger partial charge in [-0.1, -0.05) is 37.6 Å². The Labute approximate surface area is 216 Å². The number of alkyl halides is 1. The number of aromatic nitrogens is 4. The number of amides is 1. The molecule has 0 unspecified atom stereocenters. The molecule has 37 heavy (non-hydrogen) atoms. The quantitative estimate of drug-likeness (QED) is 0.291. The van der Waals surface area contributed by atoms with E-state index in [1.807, 2.05) is 49.9 Å². The van der Waals surface area contributed by atoms with Gasteiger partial charge < -0.3 is 14.2 Å². The van der Waals surface area contributed by atoms with Gasteiger partial charge in [-0.15, -0.1) is 0 Å². The summed E-state index contributed by atoms with van der Waals surface area (Å²) in [6, 6.07) is 8.17. The largest absolute Gasteiger partial charge is 0.464 e. The van der Waals surface area contributed by atoms with Crippen molar-refractivity contribution in [3.8, 4) is 17.1 Å². The molecule has 3 aliphatic rings. The average molecular weight is 508 g/mol. The van der Waals surface area contributed by atoms with Gasteiger partial charge in [0.2, 0.25) is 11.8 Å². The number of nitrogens with zero attached hydrogens (tertiary/aromatic N) is 5. The molecule has 0 saturated heterocycles. The lowest BCUT2D eigenvalue weighted by Crippen LogP contribution is -2.70. The fourth-order valence-electron chi connectivity index (χ4n) is 5.38. The van der Waals surface area contributed by atoms with Crippen LogP contribution in [0.3, 0.4) is 0 Å². The number of anilines is 1. The van der Waals surface area contributed by atoms with Crippen LogP contribution in [-0.4, -0.2) is 44.8 Å². The van der Waals surface area contributed by atoms with Crippen LogP contribution in [0.25, 0.3) is 11.1 Å². The predicted molar refractivity (Wildman–Crippen MR) is 137 cm³/mol. The summed E-state index contributed by atoms with van der Waals surface area (Å²) in [4.78, 5) is 28.4. The van der Waals surface area contributed by atoms with E-state index in [0.717, 1.165) is 48.3 Å². The summed E-state index contributed by atoms with van der Waals surface area (Å²) in [7, 11) is 0. The molecular formula is C28H34FN5O3. The van der Waals surface area contributed by atoms with Gasteiger partial charge in [-0.25, -0.2) is 14.4 Å². The van der Waals surface area contributed by atoms with E-state index in [2.05, 4.69) is 20.1 Å². The molecule has 0 spiro atoms. The molecule has 0 radical (unpaired) electrons. The highest BCUT2D eigenvalue weighted by Crippen LogP contribution is 2.70. The molecule has 3 saturated carbocycles. The number of carbonyl (C=O) groups excluding carboxylic acids is 1. The number of hydrogen-bond donors (Lipinski definition) is 0. The van der Waals surface area contributed by atoms with Crippen molar-refractivity contribution in [3.63, 3.8) is 0 Å². The smallest absolute Gasteiger partial charge is 0.316 e. The Morgan fingerprint density at radius 2 is 1.89 bits per heavy atom. The standard InChI is InChI=1S/C28H34FN5O3/c1-4-36-26-30-14-21(15-31-26)20-9-8-10-22(13-20)34(25(35)27-16-28(29,17-27)18-27)12-7-5-6-11-23-32-24(19(2)3)37-33-23/h8-10,13-15,19H,4-7,11-12,16-18H2,1-3H3. The van der Waals surface area contributed by atoms with Crippen LogP contribution >= 0.6 is 0 Å². The second-order valence-electron chi connectivity index (χ2n) is 10.7. The highest BCUT2D eigenvalue weighted by Gasteiger charge is 2.73. The Bertz CT molecular complexity index is 1220. The van der Waals surface area contributed by atoms with Crippen LogP contribution < -0.4 is 9.64 Å². The molecule has 3 fully saturated rings. The average Bonchev–Trinajstić information content (AvgIpc) is 3.33. The molecule has 0 atom stereocenters. The molecule has 8 nitrogen and oxygen atoms in total. The summed E-state index contributed by atoms with van der Waals surface area (Å²) in [5, 5.41) is 4.06. The third-order valence-electron chi connectivity index (χ3n) is 7.32. The summed E-state index contributed by atoms with van der Waals surface area (Å²) in [6.45, 7) is 7.01. The predicted octanol–water partition coefficient (Wildman–Crippen LogP) is 5.69. The van der Waals surface area contributed by atoms with E-state index in [1.165, 1.54) is 0 Å². The van der Waals surface area contributed by atoms with E-state index in [0.29, 0.717) is 44.3 Å². The zero-order valence-corrected chi connectivity index (χ0v) is 21.7. The van der Waals surface area contributed by atoms with Gasteiger partial charge in [-0.3, -0.25) is 4.79 Å². The van der Waals surface area contributed by atoms with Gasteiger partial charge in [0, 0.05) is 42.5 Å². The van der Waals surface area contributed by atoms with Crippen LogP contribution in [0.4, 0.5) is 10.1 Å². The number of aryl methyl sites for hydroxylation is 1. The topological polar surface area (TPSA) is 94.2 Å². The second-order valence-corrected chi connectivity index (χ2v) is 10.7. The fraction of sp³-hybridized carbons (Fsp3) is 0.536. The van der Waals surface area contributed by atoms with Gasteiger partial charge in [0.05, 0.1) is 12.0 Å². The van der Waals surface area contributed by atoms with Crippen LogP contribution in [0.2, 0.25) is 0 Å². The first-order valence-electron chi connectivity index (χ1n) is 13.2. The second kappa shape index (κ2) is 10.2. The first-order chi connectivity index (χ1) is 17.8. The first kappa shape index (κ1) is 25.3. The Morgan fingerprint density at radius 3 is 2.54 bits per heavy atom. The number of carbonyl (C=O) groups is 1. The molecule has 1 aromatic carbocycles. The summed E-state index contributed by atoms with van der Waals surface area (Å²) in [5.74, 6) is 1.64. The minimum absolute atomic E-state index is 0.0341. The lowest BCUT2D eigenvalue weighted by molar-refractivity contribution is -0.211. The van der Waals surface area contributed by atoms with Gasteiger partial charge in [-0.2, -0.15) is 4.98 Å². The Morgan fingerprint density at radius 1 is 1.14 bits per heavy atom. The lowest BCUT2D eigenvalue weighted by Gasteiger charge is -2.65. The normalized spacial score (nSPS) is 21.9. The van der Waals surface area contributed by atoms with Crippen molar-refractivity contribution < 1.29 is 18.4 Å². The molecule has 2 bridgehead atoms. The van der Waals surface area contributed by atoms with Gasteiger partial charge in [0.1, 0.15) is 5.67 Å². The lowest BCUT2D eigenvalue weighted by atomic mass is 9.42. The van der Waals surface area contributed by atoms with Crippen LogP contribution in [0, 0.1) is 5.41 Å². The van der Waals surface area contributed by atoms with Crippen molar-refractivity contribution in [3.05, 3.63) is 48.4 Å². The van der Waals surface area contributed by atoms with Crippen LogP contribution in [0.5, 0.6) is 6.01 Å². The van der Waals surface area contributed by atoms with Gasteiger partial charge in [0.15, 0.2) is 5.82 Å². The molecule has 2 aromatic heterocycles. The maximum absolute atomic E-state index is 14.3. The zero-order valence-electron chi connectivity index (χ0n) is 21.7. The molecule has 6 rings (SSSR count). The maximum Gasteiger partial charge on any atom is 0.316 e. The molecule has 2 heterocycles. The van der Waals surface area contributed by atoms with Crippen molar-refractivity contribution in [2.45, 2.75) is 77.3 Å². The van der Waals surface area contributed by atoms with Crippen molar-refractivity contribution in [1.29, 1.82) is 0 Å². The zero-order chi connectivity index (χ0) is 26.0. The number of benzene rings is 1. The SMILES string of the molecule is CCOc1ncc(-c2cccc(N(CCCCCc3noc(C(C)C)n3)C(=O)C34CC(F)(C3)C4)c2)cn1. The Balaban J connectivity index is 1.26. The summed E-state index contributed by atoms with van der Waals surface area (Å²) >= 11 is 0. The van der Waals surface area contributed by atoms with E-state index in [1.54, 1.807) is 12.4 Å². The molecule has 0 aliphatic heterocycles. The van der Waals surface area contributed by atoms with E-state index < -0.39 is 11.1 Å². The van der Waals surface area contributed by atoms with Gasteiger partial charge in [-0.05, 0) is 56.7 Å². The van der Waals surface area contributed by atoms with Crippen LogP contribution in [0.1, 0.15) is 76.9 Å². The van der Waals surface area contributed by atoms with E-state index in [4.69, 9.17) is 9.26 Å². The highest BCUT2D eigenvalue weighted by atomic mass is 19.1. The molecule has 3 aliphatic carbocycles. The highest BCUT2D eigenvalue weighted by molar-refractivity contribution is 6.00. The monoisotopic (exact) mass is 507 g/mol. The molecule has 9 heteroatoms. The summed E-state index contributed by atoms with van der Waals surface area (Å²) < 4.78 is 24.9. The van der Waals surface area contributed by atoms with Crippen molar-refractivity contribution in [2.75, 3.05) is 18.1 Å². The number of halogens is 1. The van der Waals surface area contributed by atoms with E-state index in [9.17, 15) is 9.18 Å². The van der Waals surface area contributed by atoms with Gasteiger partial charge >= 0.3 is 6.01 Å². The van der Waals surface area contributed by atoms with Crippen molar-refractivity contribution >= 4 is 11.6 Å². The van der Waals surface area contributed by atoms with Crippen LogP contribution in [-0.2, 0) is 11.2 Å². The van der Waals surface area contributed by atoms with Gasteiger partial charge in [0.25, 0.3) is 0 Å². The first-order valence-corrected chi connectivity index (χ1v) is 13.2. The number of ether oxygens (including phenoxy) is 1. The van der Waals surface area contributed by atoms with Crippen LogP contribution in [0.15, 0.2) is 41.2 Å². The minimum Gasteiger partial charge on any atom is -0.464 e. The number of unbranched alkanes of at least 4 members (excludes halogenated alkanes) is 2. The number of hydrogen-bond acceptors (Lipinski definition) is 7. The maximum atomic E-state index is 14.3. The summed E-state index contributed by atoms with van der Waals surface area (Å²) in [5.41, 5.74) is 0.907. The molecular weight excluding hydrogens is 473 g/mol. The molecule has 196 valence electrons. The molecule has 3 aromatic rings. The van der Waals surface area contributed by atoms with Crippen molar-refractivity contribution in [2.24, 2.45) is 5.41 Å². The Kier molecular flexibility index (Phi) is 6.96. The molecule has 0 N–H and O–H groups in total. The third-order valence-corrected chi connectivity index (χ3v) is 7.32. The third kappa shape index (κ3) is 5.22. The fourth-order valence-corrected chi connectivity index (χ4v) is 5.38. The Hall–Kier alpha value is -3.36. The number of rotatable bonds is 12. The van der Waals surface area contributed by atoms with E-state index >= 15 is 0 Å². The van der Waals surface area contributed by atoms with Crippen molar-refractivity contribution in [1.82, 2.24) is 20.1 Å².